The van der Waals surface area contributed by atoms with Crippen molar-refractivity contribution in [3.8, 4) is 0 Å². The number of hydrogen-bond donors (Lipinski definition) is 3. The van der Waals surface area contributed by atoms with Crippen LogP contribution in [0.5, 0.6) is 0 Å². The summed E-state index contributed by atoms with van der Waals surface area (Å²) in [6, 6.07) is 12.1. The number of amides is 3. The Hall–Kier alpha value is -2.97. The molecule has 8 heteroatoms. The molecule has 37 heavy (non-hydrogen) atoms. The SMILES string of the molecule is CCCNC(=O)[C@H]1[C@H]2C(=O)N([C@@H](CO)C(C)C)C(C(=O)Nc3ccc4ccccc4c3)C23CC[C@]1(C)O3. The number of benzene rings is 2. The Bertz CT molecular complexity index is 1230. The van der Waals surface area contributed by atoms with E-state index in [9.17, 15) is 19.5 Å². The van der Waals surface area contributed by atoms with Gasteiger partial charge in [0.15, 0.2) is 0 Å². The van der Waals surface area contributed by atoms with E-state index in [2.05, 4.69) is 10.6 Å². The highest BCUT2D eigenvalue weighted by atomic mass is 16.5. The monoisotopic (exact) mass is 507 g/mol. The van der Waals surface area contributed by atoms with Gasteiger partial charge in [-0.25, -0.2) is 0 Å². The van der Waals surface area contributed by atoms with E-state index >= 15 is 0 Å². The molecule has 1 spiro atoms. The second-order valence-corrected chi connectivity index (χ2v) is 11.3. The van der Waals surface area contributed by atoms with Gasteiger partial charge in [-0.1, -0.05) is 51.1 Å². The van der Waals surface area contributed by atoms with Crippen molar-refractivity contribution in [3.05, 3.63) is 42.5 Å². The van der Waals surface area contributed by atoms with Gasteiger partial charge in [0.05, 0.1) is 30.1 Å². The first kappa shape index (κ1) is 25.7. The molecule has 3 N–H and O–H groups in total. The van der Waals surface area contributed by atoms with Gasteiger partial charge >= 0.3 is 0 Å². The van der Waals surface area contributed by atoms with Crippen LogP contribution in [-0.4, -0.2) is 64.2 Å². The maximum Gasteiger partial charge on any atom is 0.250 e. The van der Waals surface area contributed by atoms with Crippen molar-refractivity contribution >= 4 is 34.2 Å². The van der Waals surface area contributed by atoms with Crippen LogP contribution in [0, 0.1) is 17.8 Å². The largest absolute Gasteiger partial charge is 0.394 e. The second kappa shape index (κ2) is 9.40. The van der Waals surface area contributed by atoms with Crippen LogP contribution in [0.1, 0.15) is 47.0 Å². The highest BCUT2D eigenvalue weighted by Crippen LogP contribution is 2.63. The van der Waals surface area contributed by atoms with Crippen molar-refractivity contribution in [3.63, 3.8) is 0 Å². The fourth-order valence-corrected chi connectivity index (χ4v) is 6.88. The van der Waals surface area contributed by atoms with E-state index in [-0.39, 0.29) is 30.2 Å². The van der Waals surface area contributed by atoms with Crippen LogP contribution in [-0.2, 0) is 19.1 Å². The van der Waals surface area contributed by atoms with Crippen LogP contribution >= 0.6 is 0 Å². The smallest absolute Gasteiger partial charge is 0.250 e. The Morgan fingerprint density at radius 3 is 2.54 bits per heavy atom. The van der Waals surface area contributed by atoms with Crippen LogP contribution in [0.2, 0.25) is 0 Å². The number of likely N-dealkylation sites (tertiary alicyclic amines) is 1. The van der Waals surface area contributed by atoms with Crippen molar-refractivity contribution in [2.24, 2.45) is 17.8 Å². The van der Waals surface area contributed by atoms with Crippen molar-refractivity contribution in [1.29, 1.82) is 0 Å². The lowest BCUT2D eigenvalue weighted by Crippen LogP contribution is -2.57. The third-order valence-electron chi connectivity index (χ3n) is 8.63. The number of carbonyl (C=O) groups is 3. The number of rotatable bonds is 8. The Balaban J connectivity index is 1.55. The number of anilines is 1. The van der Waals surface area contributed by atoms with Gasteiger partial charge in [-0.2, -0.15) is 0 Å². The first-order valence-electron chi connectivity index (χ1n) is 13.4. The fraction of sp³-hybridized carbons (Fsp3) is 0.552. The predicted molar refractivity (Wildman–Crippen MR) is 141 cm³/mol. The molecule has 2 aromatic rings. The van der Waals surface area contributed by atoms with E-state index in [1.54, 1.807) is 0 Å². The molecule has 5 rings (SSSR count). The quantitative estimate of drug-likeness (QED) is 0.509. The molecule has 3 saturated heterocycles. The molecule has 198 valence electrons. The van der Waals surface area contributed by atoms with Gasteiger partial charge < -0.3 is 25.4 Å². The number of carbonyl (C=O) groups excluding carboxylic acids is 3. The van der Waals surface area contributed by atoms with Gasteiger partial charge in [-0.05, 0) is 55.0 Å². The normalized spacial score (nSPS) is 31.1. The van der Waals surface area contributed by atoms with Crippen molar-refractivity contribution in [2.75, 3.05) is 18.5 Å². The summed E-state index contributed by atoms with van der Waals surface area (Å²) in [6.45, 7) is 7.94. The number of aliphatic hydroxyl groups excluding tert-OH is 1. The molecule has 0 aliphatic carbocycles. The Labute approximate surface area is 217 Å². The summed E-state index contributed by atoms with van der Waals surface area (Å²) < 4.78 is 6.64. The summed E-state index contributed by atoms with van der Waals surface area (Å²) >= 11 is 0. The zero-order valence-electron chi connectivity index (χ0n) is 22.0. The molecular formula is C29H37N3O5. The van der Waals surface area contributed by atoms with Gasteiger partial charge in [-0.3, -0.25) is 14.4 Å². The molecule has 6 atom stereocenters. The van der Waals surface area contributed by atoms with E-state index in [0.29, 0.717) is 25.1 Å². The van der Waals surface area contributed by atoms with Gasteiger partial charge in [-0.15, -0.1) is 0 Å². The number of hydrogen-bond acceptors (Lipinski definition) is 5. The lowest BCUT2D eigenvalue weighted by molar-refractivity contribution is -0.149. The molecular weight excluding hydrogens is 470 g/mol. The zero-order chi connectivity index (χ0) is 26.5. The molecule has 8 nitrogen and oxygen atoms in total. The van der Waals surface area contributed by atoms with Crippen LogP contribution in [0.25, 0.3) is 10.8 Å². The maximum atomic E-state index is 14.1. The van der Waals surface area contributed by atoms with Crippen molar-refractivity contribution < 1.29 is 24.2 Å². The topological polar surface area (TPSA) is 108 Å². The summed E-state index contributed by atoms with van der Waals surface area (Å²) in [7, 11) is 0. The fourth-order valence-electron chi connectivity index (χ4n) is 6.88. The minimum absolute atomic E-state index is 0.0969. The van der Waals surface area contributed by atoms with E-state index in [4.69, 9.17) is 4.74 Å². The van der Waals surface area contributed by atoms with E-state index < -0.39 is 35.1 Å². The van der Waals surface area contributed by atoms with Crippen LogP contribution < -0.4 is 10.6 Å². The molecule has 3 heterocycles. The molecule has 2 unspecified atom stereocenters. The first-order chi connectivity index (χ1) is 17.7. The lowest BCUT2D eigenvalue weighted by atomic mass is 9.66. The van der Waals surface area contributed by atoms with Gasteiger partial charge in [0, 0.05) is 12.2 Å². The summed E-state index contributed by atoms with van der Waals surface area (Å²) in [5.74, 6) is -2.41. The summed E-state index contributed by atoms with van der Waals surface area (Å²) in [5, 5.41) is 18.3. The van der Waals surface area contributed by atoms with Crippen molar-refractivity contribution in [1.82, 2.24) is 10.2 Å². The first-order valence-corrected chi connectivity index (χ1v) is 13.4. The Kier molecular flexibility index (Phi) is 6.52. The standard InChI is InChI=1S/C29H37N3O5/c1-5-14-30-25(34)22-23-27(36)32(21(16-33)17(2)3)24(29(23)13-12-28(22,4)37-29)26(35)31-20-11-10-18-8-6-7-9-19(18)15-20/h6-11,15,17,21-24,33H,5,12-14,16H2,1-4H3,(H,30,34)(H,31,35)/t21-,22+,23-,24?,28-,29?/m0/s1. The van der Waals surface area contributed by atoms with E-state index in [0.717, 1.165) is 17.2 Å². The number of nitrogens with one attached hydrogen (secondary N) is 2. The molecule has 2 bridgehead atoms. The highest BCUT2D eigenvalue weighted by Gasteiger charge is 2.78. The van der Waals surface area contributed by atoms with E-state index in [1.165, 1.54) is 4.90 Å². The summed E-state index contributed by atoms with van der Waals surface area (Å²) in [5.41, 5.74) is -1.32. The number of fused-ring (bicyclic) bond motifs is 2. The van der Waals surface area contributed by atoms with Crippen LogP contribution in [0.15, 0.2) is 42.5 Å². The average Bonchev–Trinajstić information content (AvgIpc) is 3.44. The minimum Gasteiger partial charge on any atom is -0.394 e. The number of ether oxygens (including phenoxy) is 1. The minimum atomic E-state index is -1.12. The van der Waals surface area contributed by atoms with Gasteiger partial charge in [0.2, 0.25) is 17.7 Å². The molecule has 0 aromatic heterocycles. The van der Waals surface area contributed by atoms with Crippen LogP contribution in [0.3, 0.4) is 0 Å². The average molecular weight is 508 g/mol. The molecule has 2 aromatic carbocycles. The van der Waals surface area contributed by atoms with Gasteiger partial charge in [0.25, 0.3) is 0 Å². The third-order valence-corrected chi connectivity index (χ3v) is 8.63. The molecule has 3 amide bonds. The summed E-state index contributed by atoms with van der Waals surface area (Å²) in [6.07, 6.45) is 1.86. The van der Waals surface area contributed by atoms with E-state index in [1.807, 2.05) is 70.2 Å². The molecule has 0 saturated carbocycles. The Morgan fingerprint density at radius 2 is 1.86 bits per heavy atom. The molecule has 3 fully saturated rings. The van der Waals surface area contributed by atoms with Crippen LogP contribution in [0.4, 0.5) is 5.69 Å². The Morgan fingerprint density at radius 1 is 1.14 bits per heavy atom. The molecule has 3 aliphatic heterocycles. The highest BCUT2D eigenvalue weighted by molar-refractivity contribution is 6.04. The lowest BCUT2D eigenvalue weighted by Gasteiger charge is -2.38. The molecule has 0 radical (unpaired) electrons. The third kappa shape index (κ3) is 3.92. The number of nitrogens with zero attached hydrogens (tertiary/aromatic N) is 1. The van der Waals surface area contributed by atoms with Crippen molar-refractivity contribution in [2.45, 2.75) is 70.2 Å². The number of aliphatic hydroxyl groups is 1. The maximum absolute atomic E-state index is 14.1. The molecule has 3 aliphatic rings. The van der Waals surface area contributed by atoms with Gasteiger partial charge in [0.1, 0.15) is 11.6 Å². The second-order valence-electron chi connectivity index (χ2n) is 11.3. The summed E-state index contributed by atoms with van der Waals surface area (Å²) in [4.78, 5) is 43.1. The zero-order valence-corrected chi connectivity index (χ0v) is 22.0. The predicted octanol–water partition coefficient (Wildman–Crippen LogP) is 3.09.